The monoisotopic (exact) mass is 685 g/mol. The van der Waals surface area contributed by atoms with E-state index in [0.717, 1.165) is 57.7 Å². The van der Waals surface area contributed by atoms with E-state index in [-0.39, 0.29) is 18.3 Å². The Morgan fingerprint density at radius 3 is 1.60 bits per heavy atom. The molecule has 0 saturated carbocycles. The van der Waals surface area contributed by atoms with Crippen LogP contribution in [-0.2, 0) is 24.0 Å². The molecule has 0 saturated heterocycles. The maximum Gasteiger partial charge on any atom is 0.305 e. The van der Waals surface area contributed by atoms with Crippen molar-refractivity contribution in [2.45, 2.75) is 194 Å². The van der Waals surface area contributed by atoms with Gasteiger partial charge in [0.1, 0.15) is 0 Å². The van der Waals surface area contributed by atoms with Crippen molar-refractivity contribution in [1.82, 2.24) is 9.96 Å². The SMILES string of the molecule is CCCCCCCOC(=O)CCCCCCCN(CCCCCCCC(CCCC)CCCCCC)CCCC(=O)N(C)OC.O=CO. The molecule has 0 aliphatic heterocycles. The van der Waals surface area contributed by atoms with Gasteiger partial charge in [-0.2, -0.15) is 0 Å². The third-order valence-electron chi connectivity index (χ3n) is 9.37. The summed E-state index contributed by atoms with van der Waals surface area (Å²) in [6, 6.07) is 0. The van der Waals surface area contributed by atoms with Crippen LogP contribution >= 0.6 is 0 Å². The zero-order chi connectivity index (χ0) is 35.9. The topological polar surface area (TPSA) is 96.4 Å². The maximum absolute atomic E-state index is 12.2. The van der Waals surface area contributed by atoms with E-state index < -0.39 is 0 Å². The van der Waals surface area contributed by atoms with Gasteiger partial charge >= 0.3 is 5.97 Å². The van der Waals surface area contributed by atoms with Gasteiger partial charge in [0.15, 0.2) is 0 Å². The van der Waals surface area contributed by atoms with Gasteiger partial charge in [-0.1, -0.05) is 149 Å². The molecule has 0 radical (unpaired) electrons. The van der Waals surface area contributed by atoms with Crippen LogP contribution in [0.2, 0.25) is 0 Å². The molecule has 286 valence electrons. The summed E-state index contributed by atoms with van der Waals surface area (Å²) < 4.78 is 5.39. The molecule has 0 aliphatic carbocycles. The molecule has 1 unspecified atom stereocenters. The van der Waals surface area contributed by atoms with Crippen molar-refractivity contribution in [3.8, 4) is 0 Å². The number of hydroxylamine groups is 2. The molecule has 0 aromatic carbocycles. The first-order valence-corrected chi connectivity index (χ1v) is 20.2. The minimum atomic E-state index is -0.250. The lowest BCUT2D eigenvalue weighted by atomic mass is 9.90. The van der Waals surface area contributed by atoms with Crippen molar-refractivity contribution in [2.24, 2.45) is 5.92 Å². The fourth-order valence-electron chi connectivity index (χ4n) is 6.23. The van der Waals surface area contributed by atoms with E-state index in [2.05, 4.69) is 25.7 Å². The number of hydrogen-bond acceptors (Lipinski definition) is 6. The normalized spacial score (nSPS) is 11.6. The van der Waals surface area contributed by atoms with E-state index in [9.17, 15) is 9.59 Å². The van der Waals surface area contributed by atoms with E-state index in [1.165, 1.54) is 133 Å². The molecular formula is C40H80N2O6. The van der Waals surface area contributed by atoms with Gasteiger partial charge in [-0.05, 0) is 57.7 Å². The summed E-state index contributed by atoms with van der Waals surface area (Å²) in [5.74, 6) is 0.982. The van der Waals surface area contributed by atoms with E-state index in [0.29, 0.717) is 19.4 Å². The van der Waals surface area contributed by atoms with E-state index >= 15 is 0 Å². The smallest absolute Gasteiger partial charge is 0.305 e. The van der Waals surface area contributed by atoms with Crippen molar-refractivity contribution >= 4 is 18.3 Å². The summed E-state index contributed by atoms with van der Waals surface area (Å²) in [6.45, 7) is 10.4. The lowest BCUT2D eigenvalue weighted by molar-refractivity contribution is -0.168. The van der Waals surface area contributed by atoms with Gasteiger partial charge in [-0.3, -0.25) is 19.2 Å². The Morgan fingerprint density at radius 2 is 1.04 bits per heavy atom. The Hall–Kier alpha value is -1.67. The molecule has 0 aromatic rings. The predicted octanol–water partition coefficient (Wildman–Crippen LogP) is 10.8. The first-order chi connectivity index (χ1) is 23.4. The van der Waals surface area contributed by atoms with Crippen LogP contribution in [0.1, 0.15) is 194 Å². The number of rotatable bonds is 35. The maximum atomic E-state index is 12.2. The first-order valence-electron chi connectivity index (χ1n) is 20.2. The molecule has 1 atom stereocenters. The lowest BCUT2D eigenvalue weighted by Crippen LogP contribution is -2.30. The number of hydrogen-bond donors (Lipinski definition) is 1. The average molecular weight is 685 g/mol. The summed E-state index contributed by atoms with van der Waals surface area (Å²) >= 11 is 0. The summed E-state index contributed by atoms with van der Waals surface area (Å²) in [4.78, 5) is 40.1. The number of esters is 1. The van der Waals surface area contributed by atoms with Crippen LogP contribution in [0.15, 0.2) is 0 Å². The molecule has 0 aliphatic rings. The molecular weight excluding hydrogens is 604 g/mol. The van der Waals surface area contributed by atoms with Gasteiger partial charge in [0.2, 0.25) is 5.91 Å². The third kappa shape index (κ3) is 35.6. The fraction of sp³-hybridized carbons (Fsp3) is 0.925. The number of amides is 1. The quantitative estimate of drug-likeness (QED) is 0.0307. The lowest BCUT2D eigenvalue weighted by Gasteiger charge is -2.23. The van der Waals surface area contributed by atoms with Gasteiger partial charge in [0.05, 0.1) is 13.7 Å². The van der Waals surface area contributed by atoms with E-state index in [1.807, 2.05) is 0 Å². The Labute approximate surface area is 297 Å². The molecule has 0 rings (SSSR count). The molecule has 8 heteroatoms. The van der Waals surface area contributed by atoms with Crippen molar-refractivity contribution in [3.05, 3.63) is 0 Å². The molecule has 0 heterocycles. The highest BCUT2D eigenvalue weighted by molar-refractivity contribution is 5.74. The predicted molar refractivity (Wildman–Crippen MR) is 201 cm³/mol. The molecule has 0 bridgehead atoms. The highest BCUT2D eigenvalue weighted by Crippen LogP contribution is 2.23. The van der Waals surface area contributed by atoms with Crippen LogP contribution in [0.25, 0.3) is 0 Å². The van der Waals surface area contributed by atoms with Crippen LogP contribution in [0.5, 0.6) is 0 Å². The summed E-state index contributed by atoms with van der Waals surface area (Å²) in [7, 11) is 3.23. The summed E-state index contributed by atoms with van der Waals surface area (Å²) in [6.07, 6.45) is 32.8. The number of carboxylic acid groups (broad SMARTS) is 1. The van der Waals surface area contributed by atoms with Crippen molar-refractivity contribution < 1.29 is 29.1 Å². The molecule has 0 spiro atoms. The second kappa shape index (κ2) is 39.8. The standard InChI is InChI=1S/C39H78N2O4.CH2O2/c1-6-9-12-20-26-36-45-39(43)32-23-17-15-19-25-34-41(35-27-31-38(42)40(4)44-5)33-24-18-14-16-22-30-37(28-11-8-3)29-21-13-10-7-2;2-1-3/h37H,6-36H2,1-5H3;1H,(H,2,3). The molecule has 0 aromatic heterocycles. The molecule has 1 N–H and O–H groups in total. The number of carbonyl (C=O) groups is 3. The molecule has 0 fully saturated rings. The second-order valence-electron chi connectivity index (χ2n) is 13.7. The highest BCUT2D eigenvalue weighted by atomic mass is 16.7. The van der Waals surface area contributed by atoms with Gasteiger partial charge in [-0.15, -0.1) is 0 Å². The first kappa shape index (κ1) is 48.4. The van der Waals surface area contributed by atoms with Gasteiger partial charge < -0.3 is 14.7 Å². The number of carbonyl (C=O) groups excluding carboxylic acids is 2. The van der Waals surface area contributed by atoms with Crippen LogP contribution in [0.4, 0.5) is 0 Å². The Bertz CT molecular complexity index is 693. The Balaban J connectivity index is 0. The second-order valence-corrected chi connectivity index (χ2v) is 13.7. The minimum absolute atomic E-state index is 0.0240. The van der Waals surface area contributed by atoms with Gasteiger partial charge in [0, 0.05) is 19.9 Å². The van der Waals surface area contributed by atoms with Crippen LogP contribution in [0, 0.1) is 5.92 Å². The number of ether oxygens (including phenoxy) is 1. The summed E-state index contributed by atoms with van der Waals surface area (Å²) in [5.41, 5.74) is 0. The number of unbranched alkanes of at least 4 members (excludes halogenated alkanes) is 16. The van der Waals surface area contributed by atoms with E-state index in [4.69, 9.17) is 19.5 Å². The van der Waals surface area contributed by atoms with Crippen LogP contribution in [-0.4, -0.2) is 73.8 Å². The molecule has 1 amide bonds. The van der Waals surface area contributed by atoms with Crippen LogP contribution < -0.4 is 0 Å². The zero-order valence-electron chi connectivity index (χ0n) is 32.5. The Kier molecular flexibility index (Phi) is 40.1. The van der Waals surface area contributed by atoms with Crippen molar-refractivity contribution in [3.63, 3.8) is 0 Å². The summed E-state index contributed by atoms with van der Waals surface area (Å²) in [5, 5.41) is 8.23. The Morgan fingerprint density at radius 1 is 0.604 bits per heavy atom. The van der Waals surface area contributed by atoms with E-state index in [1.54, 1.807) is 14.2 Å². The average Bonchev–Trinajstić information content (AvgIpc) is 3.08. The minimum Gasteiger partial charge on any atom is -0.483 e. The molecule has 48 heavy (non-hydrogen) atoms. The van der Waals surface area contributed by atoms with Gasteiger partial charge in [-0.25, -0.2) is 5.06 Å². The van der Waals surface area contributed by atoms with Crippen LogP contribution in [0.3, 0.4) is 0 Å². The highest BCUT2D eigenvalue weighted by Gasteiger charge is 2.11. The largest absolute Gasteiger partial charge is 0.483 e. The van der Waals surface area contributed by atoms with Crippen molar-refractivity contribution in [1.29, 1.82) is 0 Å². The van der Waals surface area contributed by atoms with Gasteiger partial charge in [0.25, 0.3) is 6.47 Å². The van der Waals surface area contributed by atoms with Crippen molar-refractivity contribution in [2.75, 3.05) is 40.4 Å². The fourth-order valence-corrected chi connectivity index (χ4v) is 6.23. The zero-order valence-corrected chi connectivity index (χ0v) is 32.5. The third-order valence-corrected chi connectivity index (χ3v) is 9.37. The molecule has 8 nitrogen and oxygen atoms in total. The number of nitrogens with zero attached hydrogens (tertiary/aromatic N) is 2.